The lowest BCUT2D eigenvalue weighted by atomic mass is 9.96. The van der Waals surface area contributed by atoms with Gasteiger partial charge in [-0.3, -0.25) is 0 Å². The van der Waals surface area contributed by atoms with Crippen molar-refractivity contribution in [1.82, 2.24) is 0 Å². The Balaban J connectivity index is 1.74. The van der Waals surface area contributed by atoms with Gasteiger partial charge in [0.15, 0.2) is 0 Å². The average molecular weight is 324 g/mol. The monoisotopic (exact) mass is 323 g/mol. The second kappa shape index (κ2) is 9.52. The first-order valence-corrected chi connectivity index (χ1v) is 9.33. The maximum atomic E-state index is 3.52. The van der Waals surface area contributed by atoms with Crippen molar-refractivity contribution in [3.8, 4) is 0 Å². The standard InChI is InChI=1S/C23H33N/c1-18(2)9-7-10-19(3)11-8-12-20(4)15-16-21-17-24-23-14-6-5-13-22(21)23/h5-6,9,11,13-15,21,24H,7-8,10,12,16-17H2,1-4H3/b19-11+,20-15+. The lowest BCUT2D eigenvalue weighted by Gasteiger charge is -2.08. The summed E-state index contributed by atoms with van der Waals surface area (Å²) >= 11 is 0. The molecule has 2 rings (SSSR count). The van der Waals surface area contributed by atoms with E-state index in [9.17, 15) is 0 Å². The topological polar surface area (TPSA) is 12.0 Å². The molecule has 0 aromatic heterocycles. The molecule has 0 radical (unpaired) electrons. The molecule has 0 saturated heterocycles. The molecule has 0 saturated carbocycles. The second-order valence-corrected chi connectivity index (χ2v) is 7.36. The van der Waals surface area contributed by atoms with E-state index in [1.807, 2.05) is 0 Å². The summed E-state index contributed by atoms with van der Waals surface area (Å²) in [6, 6.07) is 8.72. The minimum absolute atomic E-state index is 0.637. The highest BCUT2D eigenvalue weighted by molar-refractivity contribution is 5.57. The van der Waals surface area contributed by atoms with E-state index in [0.717, 1.165) is 13.0 Å². The van der Waals surface area contributed by atoms with Crippen LogP contribution in [0.25, 0.3) is 0 Å². The van der Waals surface area contributed by atoms with Crippen molar-refractivity contribution in [2.24, 2.45) is 0 Å². The van der Waals surface area contributed by atoms with Gasteiger partial charge in [0.1, 0.15) is 0 Å². The van der Waals surface area contributed by atoms with Crippen LogP contribution in [-0.2, 0) is 0 Å². The van der Waals surface area contributed by atoms with Crippen molar-refractivity contribution < 1.29 is 0 Å². The van der Waals surface area contributed by atoms with Gasteiger partial charge in [0.2, 0.25) is 0 Å². The van der Waals surface area contributed by atoms with Crippen LogP contribution in [-0.4, -0.2) is 6.54 Å². The lowest BCUT2D eigenvalue weighted by molar-refractivity contribution is 0.763. The molecule has 1 nitrogen and oxygen atoms in total. The molecule has 130 valence electrons. The molecule has 1 heterocycles. The molecule has 1 unspecified atom stereocenters. The van der Waals surface area contributed by atoms with E-state index in [1.165, 1.54) is 53.7 Å². The van der Waals surface area contributed by atoms with Gasteiger partial charge in [0.25, 0.3) is 0 Å². The van der Waals surface area contributed by atoms with Crippen LogP contribution in [0.15, 0.2) is 59.2 Å². The van der Waals surface area contributed by atoms with Crippen molar-refractivity contribution in [2.75, 3.05) is 11.9 Å². The van der Waals surface area contributed by atoms with Crippen molar-refractivity contribution in [3.05, 3.63) is 64.8 Å². The van der Waals surface area contributed by atoms with E-state index in [-0.39, 0.29) is 0 Å². The van der Waals surface area contributed by atoms with Gasteiger partial charge in [-0.1, -0.05) is 53.1 Å². The number of anilines is 1. The van der Waals surface area contributed by atoms with E-state index in [1.54, 1.807) is 0 Å². The van der Waals surface area contributed by atoms with Crippen molar-refractivity contribution >= 4 is 5.69 Å². The second-order valence-electron chi connectivity index (χ2n) is 7.36. The van der Waals surface area contributed by atoms with Gasteiger partial charge in [-0.25, -0.2) is 0 Å². The summed E-state index contributed by atoms with van der Waals surface area (Å²) in [4.78, 5) is 0. The Morgan fingerprint density at radius 1 is 0.958 bits per heavy atom. The van der Waals surface area contributed by atoms with E-state index < -0.39 is 0 Å². The zero-order chi connectivity index (χ0) is 17.4. The van der Waals surface area contributed by atoms with Gasteiger partial charge in [-0.2, -0.15) is 0 Å². The van der Waals surface area contributed by atoms with Gasteiger partial charge < -0.3 is 5.32 Å². The maximum Gasteiger partial charge on any atom is 0.0376 e. The molecule has 1 aliphatic rings. The Kier molecular flexibility index (Phi) is 7.36. The summed E-state index contributed by atoms with van der Waals surface area (Å²) in [6.07, 6.45) is 13.1. The number of para-hydroxylation sites is 1. The Morgan fingerprint density at radius 2 is 1.62 bits per heavy atom. The number of hydrogen-bond donors (Lipinski definition) is 1. The molecule has 0 aliphatic carbocycles. The highest BCUT2D eigenvalue weighted by atomic mass is 14.9. The SMILES string of the molecule is CC(C)=CCC/C(C)=C/CC/C(C)=C/CC1CNc2ccccc21. The molecule has 0 bridgehead atoms. The minimum Gasteiger partial charge on any atom is -0.384 e. The van der Waals surface area contributed by atoms with Crippen LogP contribution in [0, 0.1) is 0 Å². The molecular formula is C23H33N. The molecular weight excluding hydrogens is 290 g/mol. The Hall–Kier alpha value is -1.76. The molecule has 24 heavy (non-hydrogen) atoms. The van der Waals surface area contributed by atoms with Crippen molar-refractivity contribution in [2.45, 2.75) is 65.7 Å². The van der Waals surface area contributed by atoms with Crippen LogP contribution in [0.2, 0.25) is 0 Å². The Bertz CT molecular complexity index is 615. The van der Waals surface area contributed by atoms with Crippen LogP contribution in [0.5, 0.6) is 0 Å². The summed E-state index contributed by atoms with van der Waals surface area (Å²) in [5, 5.41) is 3.52. The predicted molar refractivity (Wildman–Crippen MR) is 108 cm³/mol. The van der Waals surface area contributed by atoms with Gasteiger partial charge >= 0.3 is 0 Å². The Morgan fingerprint density at radius 3 is 2.38 bits per heavy atom. The third-order valence-electron chi connectivity index (χ3n) is 4.81. The number of hydrogen-bond acceptors (Lipinski definition) is 1. The van der Waals surface area contributed by atoms with E-state index in [2.05, 4.69) is 75.5 Å². The largest absolute Gasteiger partial charge is 0.384 e. The number of nitrogens with one attached hydrogen (secondary N) is 1. The van der Waals surface area contributed by atoms with Crippen LogP contribution in [0.1, 0.15) is 71.3 Å². The number of benzene rings is 1. The molecule has 1 N–H and O–H groups in total. The quantitative estimate of drug-likeness (QED) is 0.507. The number of allylic oxidation sites excluding steroid dienone is 6. The van der Waals surface area contributed by atoms with Gasteiger partial charge in [0, 0.05) is 18.2 Å². The van der Waals surface area contributed by atoms with E-state index in [0.29, 0.717) is 5.92 Å². The fourth-order valence-corrected chi connectivity index (χ4v) is 3.25. The summed E-state index contributed by atoms with van der Waals surface area (Å²) in [7, 11) is 0. The van der Waals surface area contributed by atoms with Crippen LogP contribution < -0.4 is 5.32 Å². The zero-order valence-corrected chi connectivity index (χ0v) is 15.9. The van der Waals surface area contributed by atoms with Crippen LogP contribution in [0.4, 0.5) is 5.69 Å². The first kappa shape index (κ1) is 18.6. The van der Waals surface area contributed by atoms with Crippen molar-refractivity contribution in [3.63, 3.8) is 0 Å². The van der Waals surface area contributed by atoms with Gasteiger partial charge in [-0.05, 0) is 71.4 Å². The Labute approximate surface area is 148 Å². The first-order chi connectivity index (χ1) is 11.6. The maximum absolute atomic E-state index is 3.52. The minimum atomic E-state index is 0.637. The normalized spacial score (nSPS) is 17.4. The first-order valence-electron chi connectivity index (χ1n) is 9.33. The fraction of sp³-hybridized carbons (Fsp3) is 0.478. The molecule has 1 aromatic rings. The lowest BCUT2D eigenvalue weighted by Crippen LogP contribution is -2.00. The summed E-state index contributed by atoms with van der Waals surface area (Å²) in [5.74, 6) is 0.637. The molecule has 0 amide bonds. The molecule has 1 aromatic carbocycles. The highest BCUT2D eigenvalue weighted by Gasteiger charge is 2.19. The van der Waals surface area contributed by atoms with Gasteiger partial charge in [-0.15, -0.1) is 0 Å². The third-order valence-corrected chi connectivity index (χ3v) is 4.81. The molecule has 1 atom stereocenters. The van der Waals surface area contributed by atoms with Gasteiger partial charge in [0.05, 0.1) is 0 Å². The smallest absolute Gasteiger partial charge is 0.0376 e. The van der Waals surface area contributed by atoms with E-state index >= 15 is 0 Å². The van der Waals surface area contributed by atoms with Crippen LogP contribution >= 0.6 is 0 Å². The zero-order valence-electron chi connectivity index (χ0n) is 15.9. The number of rotatable bonds is 8. The number of fused-ring (bicyclic) bond motifs is 1. The predicted octanol–water partition coefficient (Wildman–Crippen LogP) is 7.01. The molecule has 0 fully saturated rings. The molecule has 0 spiro atoms. The third kappa shape index (κ3) is 6.03. The summed E-state index contributed by atoms with van der Waals surface area (Å²) in [5.41, 5.74) is 7.27. The molecule has 1 heteroatoms. The van der Waals surface area contributed by atoms with Crippen LogP contribution in [0.3, 0.4) is 0 Å². The summed E-state index contributed by atoms with van der Waals surface area (Å²) in [6.45, 7) is 9.96. The van der Waals surface area contributed by atoms with Crippen molar-refractivity contribution in [1.29, 1.82) is 0 Å². The summed E-state index contributed by atoms with van der Waals surface area (Å²) < 4.78 is 0. The molecule has 1 aliphatic heterocycles. The highest BCUT2D eigenvalue weighted by Crippen LogP contribution is 2.33. The fourth-order valence-electron chi connectivity index (χ4n) is 3.25. The van der Waals surface area contributed by atoms with E-state index in [4.69, 9.17) is 0 Å². The average Bonchev–Trinajstić information content (AvgIpc) is 2.96.